The van der Waals surface area contributed by atoms with Gasteiger partial charge in [-0.3, -0.25) is 0 Å². The second-order valence-electron chi connectivity index (χ2n) is 11.9. The van der Waals surface area contributed by atoms with Crippen LogP contribution >= 0.6 is 0 Å². The van der Waals surface area contributed by atoms with Crippen LogP contribution in [0.25, 0.3) is 0 Å². The molecule has 2 aliphatic carbocycles. The molecule has 0 aromatic heterocycles. The minimum atomic E-state index is -0.551. The number of ether oxygens (including phenoxy) is 3. The van der Waals surface area contributed by atoms with E-state index in [4.69, 9.17) is 14.2 Å². The van der Waals surface area contributed by atoms with Crippen LogP contribution in [-0.2, 0) is 14.2 Å². The number of carbonyl (C=O) groups excluding carboxylic acids is 3. The smallest absolute Gasteiger partial charge is 0.410 e. The lowest BCUT2D eigenvalue weighted by atomic mass is 9.64. The van der Waals surface area contributed by atoms with E-state index in [1.54, 1.807) is 48.5 Å². The van der Waals surface area contributed by atoms with Crippen molar-refractivity contribution in [1.29, 1.82) is 0 Å². The molecule has 3 fully saturated rings. The zero-order valence-electron chi connectivity index (χ0n) is 22.4. The fourth-order valence-electron chi connectivity index (χ4n) is 6.43. The van der Waals surface area contributed by atoms with Gasteiger partial charge in [-0.25, -0.2) is 14.4 Å². The number of rotatable bonds is 4. The molecule has 38 heavy (non-hydrogen) atoms. The summed E-state index contributed by atoms with van der Waals surface area (Å²) < 4.78 is 17.7. The zero-order chi connectivity index (χ0) is 26.9. The Kier molecular flexibility index (Phi) is 7.46. The van der Waals surface area contributed by atoms with Crippen molar-refractivity contribution in [3.05, 3.63) is 71.8 Å². The number of likely N-dealkylation sites (tertiary alicyclic amines) is 1. The lowest BCUT2D eigenvalue weighted by molar-refractivity contribution is -0.0885. The van der Waals surface area contributed by atoms with E-state index in [0.29, 0.717) is 42.3 Å². The first-order valence-electron chi connectivity index (χ1n) is 13.7. The van der Waals surface area contributed by atoms with Crippen LogP contribution in [0, 0.1) is 17.8 Å². The van der Waals surface area contributed by atoms with Gasteiger partial charge in [0.2, 0.25) is 0 Å². The van der Waals surface area contributed by atoms with Crippen molar-refractivity contribution in [1.82, 2.24) is 4.90 Å². The number of hydrogen-bond acceptors (Lipinski definition) is 6. The van der Waals surface area contributed by atoms with Crippen molar-refractivity contribution in [2.75, 3.05) is 6.54 Å². The summed E-state index contributed by atoms with van der Waals surface area (Å²) in [5, 5.41) is 0. The highest BCUT2D eigenvalue weighted by atomic mass is 16.6. The molecule has 0 bridgehead atoms. The molecule has 1 heterocycles. The first-order valence-corrected chi connectivity index (χ1v) is 13.7. The van der Waals surface area contributed by atoms with Crippen LogP contribution in [0.4, 0.5) is 4.79 Å². The van der Waals surface area contributed by atoms with Gasteiger partial charge in [-0.1, -0.05) is 36.4 Å². The van der Waals surface area contributed by atoms with Crippen LogP contribution < -0.4 is 0 Å². The summed E-state index contributed by atoms with van der Waals surface area (Å²) in [4.78, 5) is 40.8. The molecule has 6 atom stereocenters. The third-order valence-electron chi connectivity index (χ3n) is 8.15. The molecule has 2 aromatic carbocycles. The Morgan fingerprint density at radius 2 is 1.21 bits per heavy atom. The van der Waals surface area contributed by atoms with Gasteiger partial charge in [0, 0.05) is 12.6 Å². The molecule has 7 heteroatoms. The SMILES string of the molecule is CC(C)(C)OC(=O)N1CCC2CC3CC(OC(=O)c4ccccc4)C(OC(=O)c4ccccc4)CC3CC21. The lowest BCUT2D eigenvalue weighted by Gasteiger charge is -2.47. The molecule has 2 aromatic rings. The molecule has 3 aliphatic rings. The van der Waals surface area contributed by atoms with Gasteiger partial charge in [-0.2, -0.15) is 0 Å². The molecule has 0 spiro atoms. The van der Waals surface area contributed by atoms with Crippen LogP contribution in [0.3, 0.4) is 0 Å². The Morgan fingerprint density at radius 1 is 0.711 bits per heavy atom. The number of amides is 1. The van der Waals surface area contributed by atoms with E-state index in [0.717, 1.165) is 19.3 Å². The standard InChI is InChI=1S/C31H37NO6/c1-31(2,3)38-30(35)32-15-14-22-16-23-18-26(36-28(33)20-10-6-4-7-11-20)27(19-24(23)17-25(22)32)37-29(34)21-12-8-5-9-13-21/h4-13,22-27H,14-19H2,1-3H3. The highest BCUT2D eigenvalue weighted by Gasteiger charge is 2.50. The fraction of sp³-hybridized carbons (Fsp3) is 0.516. The lowest BCUT2D eigenvalue weighted by Crippen LogP contribution is -2.50. The summed E-state index contributed by atoms with van der Waals surface area (Å²) in [6, 6.07) is 17.9. The summed E-state index contributed by atoms with van der Waals surface area (Å²) >= 11 is 0. The van der Waals surface area contributed by atoms with E-state index >= 15 is 0 Å². The second-order valence-corrected chi connectivity index (χ2v) is 11.9. The van der Waals surface area contributed by atoms with Crippen LogP contribution in [0.2, 0.25) is 0 Å². The Hall–Kier alpha value is -3.35. The molecule has 2 saturated carbocycles. The van der Waals surface area contributed by atoms with Gasteiger partial charge in [-0.05, 0) is 94.9 Å². The molecular formula is C31H37NO6. The Balaban J connectivity index is 1.33. The van der Waals surface area contributed by atoms with Gasteiger partial charge >= 0.3 is 18.0 Å². The van der Waals surface area contributed by atoms with E-state index in [1.165, 1.54) is 0 Å². The summed E-state index contributed by atoms with van der Waals surface area (Å²) in [6.45, 7) is 6.36. The quantitative estimate of drug-likeness (QED) is 0.370. The first kappa shape index (κ1) is 26.3. The maximum Gasteiger partial charge on any atom is 0.410 e. The Labute approximate surface area is 224 Å². The minimum Gasteiger partial charge on any atom is -0.455 e. The van der Waals surface area contributed by atoms with Crippen LogP contribution in [-0.4, -0.2) is 53.3 Å². The number of esters is 2. The van der Waals surface area contributed by atoms with Gasteiger partial charge in [0.15, 0.2) is 0 Å². The molecule has 1 amide bonds. The number of fused-ring (bicyclic) bond motifs is 2. The summed E-state index contributed by atoms with van der Waals surface area (Å²) in [5.74, 6) is 0.187. The summed E-state index contributed by atoms with van der Waals surface area (Å²) in [5.41, 5.74) is 0.415. The van der Waals surface area contributed by atoms with Crippen molar-refractivity contribution < 1.29 is 28.6 Å². The van der Waals surface area contributed by atoms with Crippen LogP contribution in [0.1, 0.15) is 73.6 Å². The van der Waals surface area contributed by atoms with Crippen LogP contribution in [0.5, 0.6) is 0 Å². The first-order chi connectivity index (χ1) is 18.2. The predicted molar refractivity (Wildman–Crippen MR) is 142 cm³/mol. The molecule has 0 N–H and O–H groups in total. The molecule has 1 saturated heterocycles. The Bertz CT molecular complexity index is 1140. The number of benzene rings is 2. The molecule has 7 nitrogen and oxygen atoms in total. The van der Waals surface area contributed by atoms with E-state index in [1.807, 2.05) is 37.8 Å². The van der Waals surface area contributed by atoms with Crippen molar-refractivity contribution in [3.8, 4) is 0 Å². The van der Waals surface area contributed by atoms with E-state index in [9.17, 15) is 14.4 Å². The van der Waals surface area contributed by atoms with E-state index in [-0.39, 0.29) is 18.1 Å². The van der Waals surface area contributed by atoms with E-state index < -0.39 is 29.7 Å². The monoisotopic (exact) mass is 519 g/mol. The van der Waals surface area contributed by atoms with Crippen molar-refractivity contribution in [3.63, 3.8) is 0 Å². The predicted octanol–water partition coefficient (Wildman–Crippen LogP) is 5.88. The third kappa shape index (κ3) is 5.87. The van der Waals surface area contributed by atoms with Gasteiger partial charge in [0.25, 0.3) is 0 Å². The number of nitrogens with zero attached hydrogens (tertiary/aromatic N) is 1. The topological polar surface area (TPSA) is 82.1 Å². The summed E-state index contributed by atoms with van der Waals surface area (Å²) in [7, 11) is 0. The largest absolute Gasteiger partial charge is 0.455 e. The average molecular weight is 520 g/mol. The molecule has 5 rings (SSSR count). The van der Waals surface area contributed by atoms with Gasteiger partial charge in [0.1, 0.15) is 17.8 Å². The highest BCUT2D eigenvalue weighted by molar-refractivity contribution is 5.90. The normalized spacial score (nSPS) is 28.6. The molecule has 6 unspecified atom stereocenters. The molecule has 0 radical (unpaired) electrons. The molecule has 1 aliphatic heterocycles. The van der Waals surface area contributed by atoms with Crippen molar-refractivity contribution >= 4 is 18.0 Å². The van der Waals surface area contributed by atoms with Crippen molar-refractivity contribution in [2.24, 2.45) is 17.8 Å². The van der Waals surface area contributed by atoms with Gasteiger partial charge in [0.05, 0.1) is 11.1 Å². The van der Waals surface area contributed by atoms with E-state index in [2.05, 4.69) is 0 Å². The zero-order valence-corrected chi connectivity index (χ0v) is 22.4. The van der Waals surface area contributed by atoms with Gasteiger partial charge < -0.3 is 19.1 Å². The molecular weight excluding hydrogens is 482 g/mol. The van der Waals surface area contributed by atoms with Crippen molar-refractivity contribution in [2.45, 2.75) is 76.7 Å². The van der Waals surface area contributed by atoms with Crippen LogP contribution in [0.15, 0.2) is 60.7 Å². The maximum absolute atomic E-state index is 13.0. The minimum absolute atomic E-state index is 0.125. The maximum atomic E-state index is 13.0. The molecule has 202 valence electrons. The average Bonchev–Trinajstić information content (AvgIpc) is 3.30. The van der Waals surface area contributed by atoms with Gasteiger partial charge in [-0.15, -0.1) is 0 Å². The highest BCUT2D eigenvalue weighted by Crippen LogP contribution is 2.49. The third-order valence-corrected chi connectivity index (χ3v) is 8.15. The summed E-state index contributed by atoms with van der Waals surface area (Å²) in [6.07, 6.45) is 2.68. The Morgan fingerprint density at radius 3 is 1.71 bits per heavy atom. The second kappa shape index (κ2) is 10.8. The number of hydrogen-bond donors (Lipinski definition) is 0. The fourth-order valence-corrected chi connectivity index (χ4v) is 6.43. The number of carbonyl (C=O) groups is 3.